The van der Waals surface area contributed by atoms with Crippen LogP contribution in [-0.4, -0.2) is 17.3 Å². The lowest BCUT2D eigenvalue weighted by Gasteiger charge is -2.28. The summed E-state index contributed by atoms with van der Waals surface area (Å²) >= 11 is 1.82. The van der Waals surface area contributed by atoms with Gasteiger partial charge in [-0.05, 0) is 101 Å². The topological polar surface area (TPSA) is 20.5 Å². The summed E-state index contributed by atoms with van der Waals surface area (Å²) in [7, 11) is 2.15. The molecule has 0 saturated heterocycles. The third kappa shape index (κ3) is 6.40. The van der Waals surface area contributed by atoms with Gasteiger partial charge in [-0.25, -0.2) is 4.99 Å². The number of hydrogen-bond acceptors (Lipinski definition) is 3. The number of fused-ring (bicyclic) bond motifs is 5. The predicted molar refractivity (Wildman–Crippen MR) is 261 cm³/mol. The lowest BCUT2D eigenvalue weighted by atomic mass is 9.97. The van der Waals surface area contributed by atoms with E-state index in [4.69, 9.17) is 4.99 Å². The average molecular weight is 800 g/mol. The second-order valence-corrected chi connectivity index (χ2v) is 16.6. The fourth-order valence-corrected chi connectivity index (χ4v) is 10.0. The van der Waals surface area contributed by atoms with Gasteiger partial charge in [0.1, 0.15) is 5.82 Å². The summed E-state index contributed by atoms with van der Waals surface area (Å²) in [5.74, 6) is 0.947. The summed E-state index contributed by atoms with van der Waals surface area (Å²) in [6.07, 6.45) is 6.46. The Balaban J connectivity index is 1.12. The highest BCUT2D eigenvalue weighted by molar-refractivity contribution is 7.17. The Bertz CT molecular complexity index is 3430. The molecule has 0 radical (unpaired) electrons. The minimum absolute atomic E-state index is 0.947. The van der Waals surface area contributed by atoms with Crippen molar-refractivity contribution in [2.75, 3.05) is 11.9 Å². The third-order valence-electron chi connectivity index (χ3n) is 11.9. The summed E-state index contributed by atoms with van der Waals surface area (Å²) < 4.78 is 4.86. The van der Waals surface area contributed by atoms with E-state index in [1.807, 2.05) is 11.3 Å². The van der Waals surface area contributed by atoms with Gasteiger partial charge in [0.15, 0.2) is 0 Å². The molecule has 0 atom stereocenters. The monoisotopic (exact) mass is 799 g/mol. The Labute approximate surface area is 359 Å². The highest BCUT2D eigenvalue weighted by Gasteiger charge is 2.24. The third-order valence-corrected chi connectivity index (χ3v) is 13.0. The zero-order valence-electron chi connectivity index (χ0n) is 34.0. The van der Waals surface area contributed by atoms with E-state index in [1.165, 1.54) is 69.8 Å². The highest BCUT2D eigenvalue weighted by atomic mass is 32.1. The molecule has 61 heavy (non-hydrogen) atoms. The van der Waals surface area contributed by atoms with Crippen LogP contribution in [0.5, 0.6) is 0 Å². The van der Waals surface area contributed by atoms with Crippen molar-refractivity contribution in [2.45, 2.75) is 6.92 Å². The molecule has 0 bridgehead atoms. The van der Waals surface area contributed by atoms with Crippen LogP contribution in [0.2, 0.25) is 0 Å². The Morgan fingerprint density at radius 3 is 1.79 bits per heavy atom. The molecule has 11 rings (SSSR count). The number of hydrogen-bond donors (Lipinski definition) is 0. The first kappa shape index (κ1) is 36.5. The fourth-order valence-electron chi connectivity index (χ4n) is 8.95. The molecule has 0 unspecified atom stereocenters. The molecule has 0 N–H and O–H groups in total. The van der Waals surface area contributed by atoms with Gasteiger partial charge in [-0.15, -0.1) is 11.3 Å². The van der Waals surface area contributed by atoms with Gasteiger partial charge in [-0.2, -0.15) is 0 Å². The van der Waals surface area contributed by atoms with Gasteiger partial charge in [0.2, 0.25) is 0 Å². The number of thiophene rings is 1. The van der Waals surface area contributed by atoms with Crippen LogP contribution < -0.4 is 14.7 Å². The molecule has 10 aromatic rings. The van der Waals surface area contributed by atoms with Crippen molar-refractivity contribution in [3.05, 3.63) is 227 Å². The second-order valence-electron chi connectivity index (χ2n) is 15.6. The van der Waals surface area contributed by atoms with Crippen molar-refractivity contribution in [1.29, 1.82) is 0 Å². The fraction of sp³-hybridized carbons (Fsp3) is 0.0351. The minimum Gasteiger partial charge on any atom is -0.328 e. The zero-order chi connectivity index (χ0) is 40.9. The van der Waals surface area contributed by atoms with Crippen LogP contribution in [0.1, 0.15) is 18.1 Å². The largest absolute Gasteiger partial charge is 0.328 e. The number of rotatable bonds is 6. The Morgan fingerprint density at radius 2 is 1.08 bits per heavy atom. The number of benzene rings is 8. The van der Waals surface area contributed by atoms with E-state index in [0.29, 0.717) is 0 Å². The molecule has 0 amide bonds. The van der Waals surface area contributed by atoms with Crippen molar-refractivity contribution < 1.29 is 0 Å². The van der Waals surface area contributed by atoms with Gasteiger partial charge in [-0.1, -0.05) is 152 Å². The molecule has 1 aliphatic rings. The van der Waals surface area contributed by atoms with Gasteiger partial charge in [0.05, 0.1) is 22.4 Å². The minimum atomic E-state index is 0.947. The number of aromatic nitrogens is 1. The van der Waals surface area contributed by atoms with E-state index in [9.17, 15) is 0 Å². The molecule has 290 valence electrons. The second kappa shape index (κ2) is 15.3. The van der Waals surface area contributed by atoms with Crippen molar-refractivity contribution in [1.82, 2.24) is 4.57 Å². The van der Waals surface area contributed by atoms with Crippen molar-refractivity contribution in [2.24, 2.45) is 4.99 Å². The smallest absolute Gasteiger partial charge is 0.142 e. The first-order valence-electron chi connectivity index (χ1n) is 20.8. The molecule has 2 aromatic heterocycles. The zero-order valence-corrected chi connectivity index (χ0v) is 34.8. The first-order chi connectivity index (χ1) is 30.1. The number of para-hydroxylation sites is 2. The number of aliphatic imine (C=N–C) groups is 1. The molecule has 0 spiro atoms. The van der Waals surface area contributed by atoms with E-state index in [-0.39, 0.29) is 0 Å². The average Bonchev–Trinajstić information content (AvgIpc) is 3.86. The van der Waals surface area contributed by atoms with Gasteiger partial charge in [0.25, 0.3) is 0 Å². The molecule has 0 aliphatic carbocycles. The van der Waals surface area contributed by atoms with Gasteiger partial charge >= 0.3 is 0 Å². The Hall–Kier alpha value is -7.53. The molecule has 3 heterocycles. The first-order valence-corrected chi connectivity index (χ1v) is 21.6. The molecular weight excluding hydrogens is 759 g/mol. The maximum atomic E-state index is 5.51. The van der Waals surface area contributed by atoms with E-state index in [2.05, 4.69) is 236 Å². The quantitative estimate of drug-likeness (QED) is 0.164. The van der Waals surface area contributed by atoms with Crippen LogP contribution in [0.25, 0.3) is 82.9 Å². The van der Waals surface area contributed by atoms with Crippen molar-refractivity contribution >= 4 is 66.5 Å². The van der Waals surface area contributed by atoms with Crippen LogP contribution in [0.4, 0.5) is 5.69 Å². The lowest BCUT2D eigenvalue weighted by molar-refractivity contribution is 1.15. The van der Waals surface area contributed by atoms with Gasteiger partial charge in [-0.3, -0.25) is 0 Å². The molecule has 4 heteroatoms. The highest BCUT2D eigenvalue weighted by Crippen LogP contribution is 2.39. The molecule has 1 aliphatic heterocycles. The van der Waals surface area contributed by atoms with E-state index in [0.717, 1.165) is 39.3 Å². The maximum Gasteiger partial charge on any atom is 0.142 e. The maximum absolute atomic E-state index is 5.51. The van der Waals surface area contributed by atoms with Gasteiger partial charge in [0, 0.05) is 54.5 Å². The summed E-state index contributed by atoms with van der Waals surface area (Å²) in [5, 5.41) is 4.80. The van der Waals surface area contributed by atoms with Crippen LogP contribution in [0.15, 0.2) is 211 Å². The lowest BCUT2D eigenvalue weighted by Crippen LogP contribution is -2.33. The SMILES string of the molecule is C\C=C/C=c1/sc2ccc(-c3ccc4c(c3)c3ccccc3n4-c3cc(-c4ccccc4)cc(-c4ccccc4)c3)cc2/c1=C1\N=C(c2ccccc2)c2ccccc2N1C. The van der Waals surface area contributed by atoms with Gasteiger partial charge < -0.3 is 9.47 Å². The van der Waals surface area contributed by atoms with Crippen LogP contribution >= 0.6 is 11.3 Å². The molecule has 0 fully saturated rings. The summed E-state index contributed by atoms with van der Waals surface area (Å²) in [4.78, 5) is 7.78. The molecule has 8 aromatic carbocycles. The Morgan fingerprint density at radius 1 is 0.492 bits per heavy atom. The van der Waals surface area contributed by atoms with Crippen LogP contribution in [0, 0.1) is 0 Å². The van der Waals surface area contributed by atoms with E-state index >= 15 is 0 Å². The summed E-state index contributed by atoms with van der Waals surface area (Å²) in [6.45, 7) is 2.07. The van der Waals surface area contributed by atoms with Crippen molar-refractivity contribution in [3.63, 3.8) is 0 Å². The number of nitrogens with zero attached hydrogens (tertiary/aromatic N) is 3. The van der Waals surface area contributed by atoms with Crippen LogP contribution in [0.3, 0.4) is 0 Å². The number of allylic oxidation sites excluding steroid dienone is 2. The summed E-state index contributed by atoms with van der Waals surface area (Å²) in [5.41, 5.74) is 15.0. The van der Waals surface area contributed by atoms with Crippen LogP contribution in [-0.2, 0) is 0 Å². The predicted octanol–water partition coefficient (Wildman–Crippen LogP) is 13.4. The molecule has 0 saturated carbocycles. The van der Waals surface area contributed by atoms with E-state index < -0.39 is 0 Å². The van der Waals surface area contributed by atoms with E-state index in [1.54, 1.807) is 0 Å². The van der Waals surface area contributed by atoms with Crippen molar-refractivity contribution in [3.8, 4) is 39.1 Å². The Kier molecular flexibility index (Phi) is 9.14. The normalized spacial score (nSPS) is 14.0. The molecule has 3 nitrogen and oxygen atoms in total. The standard InChI is InChI=1S/C57H41N3S/c1-3-4-28-54-55(57-58-56(40-22-12-7-13-23-40)47-25-15-16-26-50(47)59(57)2)49-37-42(30-32-53(49)61-54)41-29-31-52-48(36-41)46-24-14-17-27-51(46)60(52)45-34-43(38-18-8-5-9-19-38)33-44(35-45)39-20-10-6-11-21-39/h3-37H,1-2H3/b4-3-,54-28+,57-55-. The number of anilines is 1. The summed E-state index contributed by atoms with van der Waals surface area (Å²) in [6, 6.07) is 70.3. The molecular formula is C57H41N3S.